The average molecular weight is 260 g/mol. The van der Waals surface area contributed by atoms with Crippen molar-refractivity contribution in [3.05, 3.63) is 45.7 Å². The minimum absolute atomic E-state index is 0.213. The number of hydrogen-bond acceptors (Lipinski definition) is 5. The molecule has 18 heavy (non-hydrogen) atoms. The van der Waals surface area contributed by atoms with Crippen molar-refractivity contribution in [1.82, 2.24) is 9.97 Å². The summed E-state index contributed by atoms with van der Waals surface area (Å²) in [4.78, 5) is 21.0. The van der Waals surface area contributed by atoms with E-state index in [0.717, 1.165) is 24.2 Å². The normalized spacial score (nSPS) is 17.5. The third-order valence-electron chi connectivity index (χ3n) is 3.09. The second-order valence-electron chi connectivity index (χ2n) is 4.25. The number of hydrogen-bond donors (Lipinski definition) is 0. The number of aromatic nitrogens is 2. The molecule has 0 unspecified atom stereocenters. The van der Waals surface area contributed by atoms with Crippen molar-refractivity contribution in [2.45, 2.75) is 25.9 Å². The smallest absolute Gasteiger partial charge is 0.350 e. The Morgan fingerprint density at radius 3 is 3.17 bits per heavy atom. The van der Waals surface area contributed by atoms with Gasteiger partial charge in [-0.3, -0.25) is 4.98 Å². The summed E-state index contributed by atoms with van der Waals surface area (Å²) in [6.45, 7) is 1.81. The number of pyridine rings is 1. The van der Waals surface area contributed by atoms with E-state index >= 15 is 0 Å². The summed E-state index contributed by atoms with van der Waals surface area (Å²) in [5.74, 6) is -0.293. The van der Waals surface area contributed by atoms with Crippen molar-refractivity contribution < 1.29 is 9.53 Å². The molecule has 1 atom stereocenters. The molecule has 0 saturated heterocycles. The first-order valence-electron chi connectivity index (χ1n) is 5.80. The largest absolute Gasteiger partial charge is 0.452 e. The fourth-order valence-corrected chi connectivity index (χ4v) is 2.85. The maximum atomic E-state index is 12.0. The first-order valence-corrected chi connectivity index (χ1v) is 6.68. The zero-order chi connectivity index (χ0) is 12.5. The van der Waals surface area contributed by atoms with E-state index in [1.165, 1.54) is 16.9 Å². The van der Waals surface area contributed by atoms with Gasteiger partial charge in [0.2, 0.25) is 0 Å². The summed E-state index contributed by atoms with van der Waals surface area (Å²) in [6, 6.07) is 3.95. The predicted molar refractivity (Wildman–Crippen MR) is 67.6 cm³/mol. The lowest BCUT2D eigenvalue weighted by Crippen LogP contribution is -2.10. The van der Waals surface area contributed by atoms with Crippen LogP contribution in [0.15, 0.2) is 23.8 Å². The van der Waals surface area contributed by atoms with Gasteiger partial charge in [0.25, 0.3) is 0 Å². The zero-order valence-corrected chi connectivity index (χ0v) is 10.7. The molecule has 0 aromatic carbocycles. The SMILES string of the molecule is Cc1ncsc1C(=O)O[C@@H]1CCc2cccnc21. The van der Waals surface area contributed by atoms with Crippen LogP contribution < -0.4 is 0 Å². The maximum Gasteiger partial charge on any atom is 0.350 e. The second kappa shape index (κ2) is 4.49. The third kappa shape index (κ3) is 1.90. The molecule has 1 aliphatic carbocycles. The molecule has 2 aromatic heterocycles. The van der Waals surface area contributed by atoms with E-state index in [-0.39, 0.29) is 12.1 Å². The van der Waals surface area contributed by atoms with Crippen molar-refractivity contribution in [1.29, 1.82) is 0 Å². The molecule has 0 bridgehead atoms. The fourth-order valence-electron chi connectivity index (χ4n) is 2.17. The minimum atomic E-state index is -0.293. The van der Waals surface area contributed by atoms with E-state index in [9.17, 15) is 4.79 Å². The molecule has 0 fully saturated rings. The van der Waals surface area contributed by atoms with Gasteiger partial charge in [0.05, 0.1) is 16.9 Å². The number of rotatable bonds is 2. The molecule has 1 aliphatic rings. The van der Waals surface area contributed by atoms with E-state index < -0.39 is 0 Å². The highest BCUT2D eigenvalue weighted by Crippen LogP contribution is 2.33. The molecule has 0 aliphatic heterocycles. The van der Waals surface area contributed by atoms with Crippen LogP contribution in [0.4, 0.5) is 0 Å². The summed E-state index contributed by atoms with van der Waals surface area (Å²) in [5, 5.41) is 0. The van der Waals surface area contributed by atoms with Crippen LogP contribution in [-0.4, -0.2) is 15.9 Å². The Hall–Kier alpha value is -1.75. The molecular weight excluding hydrogens is 248 g/mol. The Morgan fingerprint density at radius 1 is 1.50 bits per heavy atom. The van der Waals surface area contributed by atoms with E-state index in [1.807, 2.05) is 19.1 Å². The highest BCUT2D eigenvalue weighted by atomic mass is 32.1. The van der Waals surface area contributed by atoms with Gasteiger partial charge in [0, 0.05) is 6.20 Å². The monoisotopic (exact) mass is 260 g/mol. The van der Waals surface area contributed by atoms with Crippen molar-refractivity contribution in [3.8, 4) is 0 Å². The molecule has 3 rings (SSSR count). The van der Waals surface area contributed by atoms with Gasteiger partial charge in [-0.2, -0.15) is 0 Å². The van der Waals surface area contributed by atoms with Crippen LogP contribution in [0.1, 0.15) is 39.1 Å². The Morgan fingerprint density at radius 2 is 2.39 bits per heavy atom. The molecule has 2 heterocycles. The Balaban J connectivity index is 1.79. The van der Waals surface area contributed by atoms with E-state index in [4.69, 9.17) is 4.74 Å². The Bertz CT molecular complexity index is 594. The number of nitrogens with zero attached hydrogens (tertiary/aromatic N) is 2. The zero-order valence-electron chi connectivity index (χ0n) is 9.92. The minimum Gasteiger partial charge on any atom is -0.452 e. The van der Waals surface area contributed by atoms with E-state index in [1.54, 1.807) is 11.7 Å². The lowest BCUT2D eigenvalue weighted by molar-refractivity contribution is 0.0297. The molecular formula is C13H12N2O2S. The topological polar surface area (TPSA) is 52.1 Å². The van der Waals surface area contributed by atoms with Gasteiger partial charge in [0.1, 0.15) is 11.0 Å². The van der Waals surface area contributed by atoms with Crippen LogP contribution in [-0.2, 0) is 11.2 Å². The van der Waals surface area contributed by atoms with Crippen molar-refractivity contribution in [3.63, 3.8) is 0 Å². The van der Waals surface area contributed by atoms with E-state index in [0.29, 0.717) is 4.88 Å². The molecule has 5 heteroatoms. The third-order valence-corrected chi connectivity index (χ3v) is 4.00. The van der Waals surface area contributed by atoms with Crippen LogP contribution in [0.2, 0.25) is 0 Å². The number of thiazole rings is 1. The lowest BCUT2D eigenvalue weighted by Gasteiger charge is -2.11. The highest BCUT2D eigenvalue weighted by molar-refractivity contribution is 7.11. The maximum absolute atomic E-state index is 12.0. The van der Waals surface area contributed by atoms with Gasteiger partial charge in [-0.05, 0) is 31.4 Å². The van der Waals surface area contributed by atoms with Crippen LogP contribution in [0.25, 0.3) is 0 Å². The molecule has 4 nitrogen and oxygen atoms in total. The number of ether oxygens (including phenoxy) is 1. The number of esters is 1. The van der Waals surface area contributed by atoms with Gasteiger partial charge in [0.15, 0.2) is 0 Å². The fraction of sp³-hybridized carbons (Fsp3) is 0.308. The molecule has 2 aromatic rings. The number of carbonyl (C=O) groups is 1. The lowest BCUT2D eigenvalue weighted by atomic mass is 10.2. The summed E-state index contributed by atoms with van der Waals surface area (Å²) >= 11 is 1.32. The predicted octanol–water partition coefficient (Wildman–Crippen LogP) is 2.69. The standard InChI is InChI=1S/C13H12N2O2S/c1-8-12(18-7-15-8)13(16)17-10-5-4-9-3-2-6-14-11(9)10/h2-3,6-7,10H,4-5H2,1H3/t10-/m1/s1. The van der Waals surface area contributed by atoms with Gasteiger partial charge < -0.3 is 4.74 Å². The van der Waals surface area contributed by atoms with Crippen molar-refractivity contribution in [2.75, 3.05) is 0 Å². The summed E-state index contributed by atoms with van der Waals surface area (Å²) in [7, 11) is 0. The van der Waals surface area contributed by atoms with Crippen LogP contribution in [0, 0.1) is 6.92 Å². The molecule has 0 spiro atoms. The first kappa shape index (κ1) is 11.3. The number of carbonyl (C=O) groups excluding carboxylic acids is 1. The van der Waals surface area contributed by atoms with Gasteiger partial charge in [-0.25, -0.2) is 9.78 Å². The molecule has 0 amide bonds. The second-order valence-corrected chi connectivity index (χ2v) is 5.10. The summed E-state index contributed by atoms with van der Waals surface area (Å²) < 4.78 is 5.53. The Labute approximate surface area is 109 Å². The number of fused-ring (bicyclic) bond motifs is 1. The summed E-state index contributed by atoms with van der Waals surface area (Å²) in [6.07, 6.45) is 3.26. The van der Waals surface area contributed by atoms with Gasteiger partial charge in [-0.15, -0.1) is 11.3 Å². The van der Waals surface area contributed by atoms with Gasteiger partial charge >= 0.3 is 5.97 Å². The Kier molecular flexibility index (Phi) is 2.83. The average Bonchev–Trinajstić information content (AvgIpc) is 2.97. The quantitative estimate of drug-likeness (QED) is 0.779. The molecule has 92 valence electrons. The molecule has 0 N–H and O–H groups in total. The van der Waals surface area contributed by atoms with Gasteiger partial charge in [-0.1, -0.05) is 6.07 Å². The van der Waals surface area contributed by atoms with E-state index in [2.05, 4.69) is 9.97 Å². The highest BCUT2D eigenvalue weighted by Gasteiger charge is 2.28. The first-order chi connectivity index (χ1) is 8.75. The molecule has 0 radical (unpaired) electrons. The van der Waals surface area contributed by atoms with Crippen LogP contribution in [0.3, 0.4) is 0 Å². The van der Waals surface area contributed by atoms with Crippen LogP contribution in [0.5, 0.6) is 0 Å². The van der Waals surface area contributed by atoms with Crippen molar-refractivity contribution in [2.24, 2.45) is 0 Å². The molecule has 0 saturated carbocycles. The summed E-state index contributed by atoms with van der Waals surface area (Å²) in [5.41, 5.74) is 4.46. The van der Waals surface area contributed by atoms with Crippen LogP contribution >= 0.6 is 11.3 Å². The number of aryl methyl sites for hydroxylation is 2. The van der Waals surface area contributed by atoms with Crippen molar-refractivity contribution >= 4 is 17.3 Å².